The van der Waals surface area contributed by atoms with Gasteiger partial charge in [-0.1, -0.05) is 19.9 Å². The molecule has 0 aromatic heterocycles. The molecule has 0 heteroatoms. The molecule has 0 N–H and O–H groups in total. The molecule has 0 atom stereocenters. The summed E-state index contributed by atoms with van der Waals surface area (Å²) in [6.07, 6.45) is 0. The molecule has 0 unspecified atom stereocenters. The van der Waals surface area contributed by atoms with E-state index in [0.717, 1.165) is 0 Å². The second-order valence-electron chi connectivity index (χ2n) is 4.12. The van der Waals surface area contributed by atoms with Crippen LogP contribution in [0, 0.1) is 33.6 Å². The minimum absolute atomic E-state index is 1.40. The molecule has 0 amide bonds. The molecule has 0 nitrogen and oxygen atoms in total. The molecule has 71 valence electrons. The lowest BCUT2D eigenvalue weighted by atomic mass is 9.89. The van der Waals surface area contributed by atoms with Gasteiger partial charge in [0.15, 0.2) is 0 Å². The summed E-state index contributed by atoms with van der Waals surface area (Å²) in [6.45, 7) is 13.2. The third kappa shape index (κ3) is 1.77. The lowest BCUT2D eigenvalue weighted by Gasteiger charge is -2.16. The molecule has 1 aromatic rings. The molecule has 1 aromatic carbocycles. The summed E-state index contributed by atoms with van der Waals surface area (Å²) in [5.41, 5.74) is 7.13. The largest absolute Gasteiger partial charge is 0.0550 e. The number of hydrogen-bond donors (Lipinski definition) is 0. The van der Waals surface area contributed by atoms with Gasteiger partial charge in [0.2, 0.25) is 0 Å². The number of benzene rings is 1. The van der Waals surface area contributed by atoms with Crippen LogP contribution in [-0.2, 0) is 0 Å². The van der Waals surface area contributed by atoms with Crippen molar-refractivity contribution in [3.8, 4) is 0 Å². The Morgan fingerprint density at radius 2 is 1.38 bits per heavy atom. The van der Waals surface area contributed by atoms with Gasteiger partial charge in [-0.3, -0.25) is 0 Å². The van der Waals surface area contributed by atoms with E-state index in [9.17, 15) is 0 Å². The van der Waals surface area contributed by atoms with E-state index in [1.165, 1.54) is 33.7 Å². The SMILES string of the molecule is C[C](C)c1cc(C)c(C)c(C)c1C. The molecule has 0 saturated heterocycles. The topological polar surface area (TPSA) is 0 Å². The minimum atomic E-state index is 1.40. The molecule has 0 fully saturated rings. The van der Waals surface area contributed by atoms with Gasteiger partial charge in [0.25, 0.3) is 0 Å². The first kappa shape index (κ1) is 10.3. The highest BCUT2D eigenvalue weighted by atomic mass is 14.1. The highest BCUT2D eigenvalue weighted by Gasteiger charge is 2.09. The van der Waals surface area contributed by atoms with Crippen LogP contribution in [-0.4, -0.2) is 0 Å². The second kappa shape index (κ2) is 3.53. The normalized spacial score (nSPS) is 11.0. The highest BCUT2D eigenvalue weighted by molar-refractivity contribution is 5.48. The summed E-state index contributed by atoms with van der Waals surface area (Å²) in [6, 6.07) is 2.30. The van der Waals surface area contributed by atoms with Crippen LogP contribution in [0.2, 0.25) is 0 Å². The highest BCUT2D eigenvalue weighted by Crippen LogP contribution is 2.25. The minimum Gasteiger partial charge on any atom is -0.0550 e. The smallest absolute Gasteiger partial charge is 0.000913 e. The van der Waals surface area contributed by atoms with Gasteiger partial charge in [-0.25, -0.2) is 0 Å². The van der Waals surface area contributed by atoms with E-state index in [1.807, 2.05) is 0 Å². The van der Waals surface area contributed by atoms with Gasteiger partial charge in [-0.15, -0.1) is 0 Å². The molecule has 1 rings (SSSR count). The zero-order valence-electron chi connectivity index (χ0n) is 9.58. The summed E-state index contributed by atoms with van der Waals surface area (Å²) in [5, 5.41) is 0. The van der Waals surface area contributed by atoms with Crippen molar-refractivity contribution in [1.29, 1.82) is 0 Å². The molecular weight excluding hydrogens is 156 g/mol. The Morgan fingerprint density at radius 1 is 0.846 bits per heavy atom. The van der Waals surface area contributed by atoms with Gasteiger partial charge in [0.05, 0.1) is 0 Å². The predicted molar refractivity (Wildman–Crippen MR) is 59.1 cm³/mol. The number of hydrogen-bond acceptors (Lipinski definition) is 0. The fraction of sp³-hybridized carbons (Fsp3) is 0.462. The quantitative estimate of drug-likeness (QED) is 0.607. The van der Waals surface area contributed by atoms with Crippen molar-refractivity contribution in [2.45, 2.75) is 41.5 Å². The van der Waals surface area contributed by atoms with Crippen molar-refractivity contribution in [1.82, 2.24) is 0 Å². The van der Waals surface area contributed by atoms with Crippen molar-refractivity contribution in [2.24, 2.45) is 0 Å². The van der Waals surface area contributed by atoms with Crippen molar-refractivity contribution >= 4 is 0 Å². The van der Waals surface area contributed by atoms with Gasteiger partial charge in [-0.2, -0.15) is 0 Å². The van der Waals surface area contributed by atoms with E-state index in [4.69, 9.17) is 0 Å². The standard InChI is InChI=1S/C13H19/c1-8(2)13-7-9(3)10(4)11(5)12(13)6/h7H,1-6H3. The van der Waals surface area contributed by atoms with Crippen molar-refractivity contribution in [3.63, 3.8) is 0 Å². The Labute approximate surface area is 82.0 Å². The molecular formula is C13H19. The average molecular weight is 175 g/mol. The maximum absolute atomic E-state index is 2.30. The Hall–Kier alpha value is -0.780. The van der Waals surface area contributed by atoms with Crippen molar-refractivity contribution < 1.29 is 0 Å². The van der Waals surface area contributed by atoms with E-state index < -0.39 is 0 Å². The molecule has 1 radical (unpaired) electrons. The molecule has 0 bridgehead atoms. The van der Waals surface area contributed by atoms with Crippen LogP contribution in [0.1, 0.15) is 41.7 Å². The van der Waals surface area contributed by atoms with E-state index >= 15 is 0 Å². The van der Waals surface area contributed by atoms with E-state index in [0.29, 0.717) is 0 Å². The summed E-state index contributed by atoms with van der Waals surface area (Å²) < 4.78 is 0. The van der Waals surface area contributed by atoms with Crippen LogP contribution < -0.4 is 0 Å². The first-order chi connectivity index (χ1) is 5.95. The third-order valence-corrected chi connectivity index (χ3v) is 3.02. The van der Waals surface area contributed by atoms with Crippen LogP contribution in [0.3, 0.4) is 0 Å². The zero-order chi connectivity index (χ0) is 10.2. The van der Waals surface area contributed by atoms with Gasteiger partial charge in [-0.05, 0) is 61.4 Å². The van der Waals surface area contributed by atoms with E-state index in [1.54, 1.807) is 0 Å². The van der Waals surface area contributed by atoms with Crippen LogP contribution in [0.15, 0.2) is 6.07 Å². The zero-order valence-corrected chi connectivity index (χ0v) is 9.58. The first-order valence-corrected chi connectivity index (χ1v) is 4.83. The predicted octanol–water partition coefficient (Wildman–Crippen LogP) is 3.88. The van der Waals surface area contributed by atoms with Crippen LogP contribution >= 0.6 is 0 Å². The van der Waals surface area contributed by atoms with Crippen LogP contribution in [0.25, 0.3) is 0 Å². The number of aryl methyl sites for hydroxylation is 1. The van der Waals surface area contributed by atoms with Gasteiger partial charge >= 0.3 is 0 Å². The molecule has 0 heterocycles. The second-order valence-corrected chi connectivity index (χ2v) is 4.12. The summed E-state index contributed by atoms with van der Waals surface area (Å²) >= 11 is 0. The van der Waals surface area contributed by atoms with Gasteiger partial charge < -0.3 is 0 Å². The van der Waals surface area contributed by atoms with Gasteiger partial charge in [0, 0.05) is 0 Å². The van der Waals surface area contributed by atoms with Crippen LogP contribution in [0.5, 0.6) is 0 Å². The molecule has 0 aliphatic carbocycles. The maximum Gasteiger partial charge on any atom is -0.000913 e. The lowest BCUT2D eigenvalue weighted by Crippen LogP contribution is -1.99. The maximum atomic E-state index is 2.30. The van der Waals surface area contributed by atoms with Gasteiger partial charge in [0.1, 0.15) is 0 Å². The fourth-order valence-corrected chi connectivity index (χ4v) is 1.73. The number of rotatable bonds is 1. The third-order valence-electron chi connectivity index (χ3n) is 3.02. The molecule has 0 spiro atoms. The van der Waals surface area contributed by atoms with E-state index in [2.05, 4.69) is 47.6 Å². The fourth-order valence-electron chi connectivity index (χ4n) is 1.73. The Morgan fingerprint density at radius 3 is 1.85 bits per heavy atom. The van der Waals surface area contributed by atoms with Crippen molar-refractivity contribution in [2.75, 3.05) is 0 Å². The van der Waals surface area contributed by atoms with Crippen LogP contribution in [0.4, 0.5) is 0 Å². The monoisotopic (exact) mass is 175 g/mol. The van der Waals surface area contributed by atoms with Crippen molar-refractivity contribution in [3.05, 3.63) is 39.8 Å². The molecule has 0 saturated carbocycles. The molecule has 0 aliphatic rings. The first-order valence-electron chi connectivity index (χ1n) is 4.83. The summed E-state index contributed by atoms with van der Waals surface area (Å²) in [4.78, 5) is 0. The Kier molecular flexibility index (Phi) is 2.80. The van der Waals surface area contributed by atoms with E-state index in [-0.39, 0.29) is 0 Å². The lowest BCUT2D eigenvalue weighted by molar-refractivity contribution is 1.08. The Bertz CT molecular complexity index is 319. The Balaban J connectivity index is 3.41. The average Bonchev–Trinajstić information content (AvgIpc) is 2.07. The summed E-state index contributed by atoms with van der Waals surface area (Å²) in [5.74, 6) is 1.41. The molecule has 0 aliphatic heterocycles. The molecule has 13 heavy (non-hydrogen) atoms. The summed E-state index contributed by atoms with van der Waals surface area (Å²) in [7, 11) is 0.